The van der Waals surface area contributed by atoms with Crippen LogP contribution < -0.4 is 4.74 Å². The lowest BCUT2D eigenvalue weighted by molar-refractivity contribution is 0.324. The zero-order valence-corrected chi connectivity index (χ0v) is 18.6. The largest absolute Gasteiger partial charge is 0.495 e. The first-order valence-electron chi connectivity index (χ1n) is 9.48. The van der Waals surface area contributed by atoms with Crippen molar-refractivity contribution in [3.8, 4) is 29.1 Å². The van der Waals surface area contributed by atoms with Crippen LogP contribution in [0.5, 0.6) is 5.75 Å². The van der Waals surface area contributed by atoms with Crippen LogP contribution in [0.15, 0.2) is 23.5 Å². The molecular weight excluding hydrogens is 420 g/mol. The Morgan fingerprint density at radius 2 is 1.90 bits per heavy atom. The number of hydrogen-bond donors (Lipinski definition) is 1. The molecule has 0 bridgehead atoms. The van der Waals surface area contributed by atoms with Gasteiger partial charge in [0.1, 0.15) is 23.5 Å². The van der Waals surface area contributed by atoms with Gasteiger partial charge in [-0.15, -0.1) is 0 Å². The Bertz CT molecular complexity index is 1140. The van der Waals surface area contributed by atoms with Crippen LogP contribution in [0.3, 0.4) is 0 Å². The van der Waals surface area contributed by atoms with Crippen molar-refractivity contribution in [1.82, 2.24) is 19.9 Å². The van der Waals surface area contributed by atoms with Crippen molar-refractivity contribution in [3.63, 3.8) is 0 Å². The Balaban J connectivity index is 2.10. The standard InChI is InChI=1S/C21H21ClN6OS/c1-4-28(5-2)6-7-30-21-26-19(18-14(11-24)12-25-20(18)27-21)15-9-17(29-3)13(10-23)8-16(15)22/h8-9,12H,4-7H2,1-3H3,(H,25,26,27). The van der Waals surface area contributed by atoms with E-state index in [4.69, 9.17) is 21.3 Å². The molecule has 0 amide bonds. The van der Waals surface area contributed by atoms with Crippen LogP contribution in [0, 0.1) is 22.7 Å². The Kier molecular flexibility index (Phi) is 7.17. The molecule has 0 fully saturated rings. The summed E-state index contributed by atoms with van der Waals surface area (Å²) in [5.41, 5.74) is 2.46. The highest BCUT2D eigenvalue weighted by Gasteiger charge is 2.20. The van der Waals surface area contributed by atoms with Crippen LogP contribution in [0.4, 0.5) is 0 Å². The number of ether oxygens (including phenoxy) is 1. The van der Waals surface area contributed by atoms with Crippen molar-refractivity contribution >= 4 is 34.4 Å². The number of nitrogens with zero attached hydrogens (tertiary/aromatic N) is 5. The number of fused-ring (bicyclic) bond motifs is 1. The van der Waals surface area contributed by atoms with Crippen LogP contribution in [0.1, 0.15) is 25.0 Å². The number of methoxy groups -OCH3 is 1. The lowest BCUT2D eigenvalue weighted by atomic mass is 10.0. The monoisotopic (exact) mass is 440 g/mol. The molecule has 0 aliphatic rings. The van der Waals surface area contributed by atoms with Crippen LogP contribution in [-0.4, -0.2) is 52.3 Å². The summed E-state index contributed by atoms with van der Waals surface area (Å²) in [6.45, 7) is 7.18. The predicted octanol–water partition coefficient (Wildman–Crippen LogP) is 4.46. The Hall–Kier alpha value is -2.78. The number of H-pyrrole nitrogens is 1. The van der Waals surface area contributed by atoms with Gasteiger partial charge in [0, 0.05) is 24.1 Å². The first-order valence-corrected chi connectivity index (χ1v) is 10.8. The highest BCUT2D eigenvalue weighted by atomic mass is 35.5. The normalized spacial score (nSPS) is 10.9. The molecule has 1 aromatic carbocycles. The molecule has 0 aliphatic heterocycles. The van der Waals surface area contributed by atoms with Crippen molar-refractivity contribution in [2.45, 2.75) is 19.0 Å². The van der Waals surface area contributed by atoms with Crippen LogP contribution >= 0.6 is 23.4 Å². The van der Waals surface area contributed by atoms with Gasteiger partial charge in [-0.1, -0.05) is 37.2 Å². The number of benzene rings is 1. The summed E-state index contributed by atoms with van der Waals surface area (Å²) in [4.78, 5) is 14.7. The maximum atomic E-state index is 9.54. The van der Waals surface area contributed by atoms with Crippen LogP contribution in [0.2, 0.25) is 5.02 Å². The van der Waals surface area contributed by atoms with Gasteiger partial charge in [0.05, 0.1) is 34.3 Å². The van der Waals surface area contributed by atoms with Crippen molar-refractivity contribution < 1.29 is 4.74 Å². The summed E-state index contributed by atoms with van der Waals surface area (Å²) in [6, 6.07) is 7.48. The second-order valence-corrected chi connectivity index (χ2v) is 7.88. The van der Waals surface area contributed by atoms with Gasteiger partial charge < -0.3 is 14.6 Å². The van der Waals surface area contributed by atoms with Gasteiger partial charge in [0.25, 0.3) is 0 Å². The average Bonchev–Trinajstić information content (AvgIpc) is 3.19. The van der Waals surface area contributed by atoms with E-state index in [0.717, 1.165) is 25.4 Å². The first-order chi connectivity index (χ1) is 14.6. The SMILES string of the molecule is CCN(CC)CCSc1nc(-c2cc(OC)c(C#N)cc2Cl)c2c(C#N)c[nH]c2n1. The molecule has 1 N–H and O–H groups in total. The van der Waals surface area contributed by atoms with Gasteiger partial charge in [-0.2, -0.15) is 10.5 Å². The van der Waals surface area contributed by atoms with Crippen molar-refractivity contribution in [3.05, 3.63) is 34.5 Å². The predicted molar refractivity (Wildman–Crippen MR) is 119 cm³/mol. The minimum atomic E-state index is 0.333. The maximum Gasteiger partial charge on any atom is 0.190 e. The van der Waals surface area contributed by atoms with E-state index in [0.29, 0.717) is 49.3 Å². The molecule has 0 aliphatic carbocycles. The Labute approximate surface area is 184 Å². The molecule has 0 atom stereocenters. The smallest absolute Gasteiger partial charge is 0.190 e. The molecule has 0 spiro atoms. The minimum Gasteiger partial charge on any atom is -0.495 e. The number of halogens is 1. The molecule has 2 aromatic heterocycles. The van der Waals surface area contributed by atoms with Gasteiger partial charge in [-0.05, 0) is 25.2 Å². The van der Waals surface area contributed by atoms with E-state index in [1.165, 1.54) is 7.11 Å². The van der Waals surface area contributed by atoms with Crippen molar-refractivity contribution in [1.29, 1.82) is 10.5 Å². The van der Waals surface area contributed by atoms with Gasteiger partial charge in [-0.25, -0.2) is 9.97 Å². The molecule has 0 saturated carbocycles. The zero-order valence-electron chi connectivity index (χ0n) is 17.0. The van der Waals surface area contributed by atoms with E-state index in [1.54, 1.807) is 30.1 Å². The van der Waals surface area contributed by atoms with Gasteiger partial charge in [0.15, 0.2) is 5.16 Å². The van der Waals surface area contributed by atoms with E-state index < -0.39 is 0 Å². The summed E-state index contributed by atoms with van der Waals surface area (Å²) in [5.74, 6) is 1.23. The maximum absolute atomic E-state index is 9.54. The Morgan fingerprint density at radius 1 is 1.17 bits per heavy atom. The van der Waals surface area contributed by atoms with E-state index in [9.17, 15) is 10.5 Å². The molecule has 2 heterocycles. The topological polar surface area (TPSA) is 102 Å². The fraction of sp³-hybridized carbons (Fsp3) is 0.333. The quantitative estimate of drug-likeness (QED) is 0.407. The average molecular weight is 441 g/mol. The number of aromatic amines is 1. The zero-order chi connectivity index (χ0) is 21.7. The molecule has 9 heteroatoms. The summed E-state index contributed by atoms with van der Waals surface area (Å²) in [7, 11) is 1.49. The third-order valence-electron chi connectivity index (χ3n) is 4.83. The Morgan fingerprint density at radius 3 is 2.53 bits per heavy atom. The van der Waals surface area contributed by atoms with E-state index in [2.05, 4.69) is 40.9 Å². The van der Waals surface area contributed by atoms with Crippen LogP contribution in [-0.2, 0) is 0 Å². The number of thioether (sulfide) groups is 1. The van der Waals surface area contributed by atoms with Crippen molar-refractivity contribution in [2.75, 3.05) is 32.5 Å². The number of rotatable bonds is 8. The second kappa shape index (κ2) is 9.82. The number of hydrogen-bond acceptors (Lipinski definition) is 7. The summed E-state index contributed by atoms with van der Waals surface area (Å²) in [5, 5.41) is 20.4. The van der Waals surface area contributed by atoms with E-state index >= 15 is 0 Å². The number of aromatic nitrogens is 3. The van der Waals surface area contributed by atoms with Crippen molar-refractivity contribution in [2.24, 2.45) is 0 Å². The second-order valence-electron chi connectivity index (χ2n) is 6.41. The first kappa shape index (κ1) is 21.9. The van der Waals surface area contributed by atoms with E-state index in [-0.39, 0.29) is 0 Å². The molecule has 0 radical (unpaired) electrons. The molecule has 3 aromatic rings. The molecule has 7 nitrogen and oxygen atoms in total. The van der Waals surface area contributed by atoms with Gasteiger partial charge >= 0.3 is 0 Å². The highest BCUT2D eigenvalue weighted by molar-refractivity contribution is 7.99. The highest BCUT2D eigenvalue weighted by Crippen LogP contribution is 2.38. The molecule has 0 unspecified atom stereocenters. The molecule has 3 rings (SSSR count). The summed E-state index contributed by atoms with van der Waals surface area (Å²) in [6.07, 6.45) is 1.61. The fourth-order valence-electron chi connectivity index (χ4n) is 3.16. The lowest BCUT2D eigenvalue weighted by Crippen LogP contribution is -2.25. The van der Waals surface area contributed by atoms with Gasteiger partial charge in [-0.3, -0.25) is 0 Å². The number of nitriles is 2. The molecule has 30 heavy (non-hydrogen) atoms. The summed E-state index contributed by atoms with van der Waals surface area (Å²) >= 11 is 8.05. The lowest BCUT2D eigenvalue weighted by Gasteiger charge is -2.17. The third kappa shape index (κ3) is 4.36. The minimum absolute atomic E-state index is 0.333. The summed E-state index contributed by atoms with van der Waals surface area (Å²) < 4.78 is 5.34. The van der Waals surface area contributed by atoms with Gasteiger partial charge in [0.2, 0.25) is 0 Å². The molecular formula is C21H21ClN6OS. The molecule has 0 saturated heterocycles. The van der Waals surface area contributed by atoms with Crippen LogP contribution in [0.25, 0.3) is 22.3 Å². The third-order valence-corrected chi connectivity index (χ3v) is 5.97. The number of nitrogens with one attached hydrogen (secondary N) is 1. The molecule has 154 valence electrons. The van der Waals surface area contributed by atoms with E-state index in [1.807, 2.05) is 0 Å². The fourth-order valence-corrected chi connectivity index (χ4v) is 4.25.